The maximum Gasteiger partial charge on any atom is 0.305 e. The van der Waals surface area contributed by atoms with E-state index in [1.165, 1.54) is 24.3 Å². The van der Waals surface area contributed by atoms with Gasteiger partial charge in [0.05, 0.1) is 18.6 Å². The van der Waals surface area contributed by atoms with Gasteiger partial charge in [-0.3, -0.25) is 4.79 Å². The maximum atomic E-state index is 13.6. The normalized spacial score (nSPS) is 13.0. The van der Waals surface area contributed by atoms with E-state index in [-0.39, 0.29) is 24.7 Å². The predicted octanol–water partition coefficient (Wildman–Crippen LogP) is 4.73. The Morgan fingerprint density at radius 3 is 1.91 bits per heavy atom. The quantitative estimate of drug-likeness (QED) is 0.373. The molecule has 0 spiro atoms. The van der Waals surface area contributed by atoms with Crippen molar-refractivity contribution in [3.8, 4) is 5.75 Å². The molecule has 0 unspecified atom stereocenters. The molecule has 3 rings (SSSR count). The number of carboxylic acid groups (broad SMARTS) is 1. The van der Waals surface area contributed by atoms with Crippen LogP contribution < -0.4 is 4.74 Å². The summed E-state index contributed by atoms with van der Waals surface area (Å²) in [4.78, 5) is 10.8. The first-order valence-corrected chi connectivity index (χ1v) is 11.0. The Hall–Kier alpha value is -3.29. The van der Waals surface area contributed by atoms with Gasteiger partial charge >= 0.3 is 5.97 Å². The van der Waals surface area contributed by atoms with E-state index in [0.717, 1.165) is 27.8 Å². The molecule has 3 N–H and O–H groups in total. The Morgan fingerprint density at radius 2 is 1.41 bits per heavy atom. The molecule has 0 aliphatic heterocycles. The molecule has 0 saturated heterocycles. The van der Waals surface area contributed by atoms with Gasteiger partial charge in [0.2, 0.25) is 0 Å². The molecule has 0 bridgehead atoms. The first kappa shape index (κ1) is 25.3. The second kappa shape index (κ2) is 11.2. The highest BCUT2D eigenvalue weighted by molar-refractivity contribution is 5.67. The van der Waals surface area contributed by atoms with Crippen molar-refractivity contribution in [2.24, 2.45) is 0 Å². The molecule has 3 aromatic rings. The number of halogens is 2. The summed E-state index contributed by atoms with van der Waals surface area (Å²) < 4.78 is 33.3. The van der Waals surface area contributed by atoms with Crippen molar-refractivity contribution < 1.29 is 33.6 Å². The molecule has 0 aliphatic rings. The number of carboxylic acids is 1. The van der Waals surface area contributed by atoms with Crippen molar-refractivity contribution in [2.75, 3.05) is 6.61 Å². The molecular formula is C27H28F2O5. The van der Waals surface area contributed by atoms with Crippen LogP contribution in [0, 0.1) is 25.5 Å². The number of aliphatic hydroxyl groups excluding tert-OH is 2. The standard InChI is InChI=1S/C27H28F2O5/c1-16-11-17(2)27(34-15-23(31)13-22(30)14-25(32)33)24(12-16)26(18-3-7-20(28)8-4-18)19-5-9-21(29)10-6-19/h3-12,22-23,26,30-31H,13-15H2,1-2H3,(H,32,33)/t22-,23+/m1/s1. The van der Waals surface area contributed by atoms with Gasteiger partial charge in [-0.1, -0.05) is 42.0 Å². The molecule has 0 aromatic heterocycles. The van der Waals surface area contributed by atoms with Crippen LogP contribution in [-0.4, -0.2) is 40.1 Å². The van der Waals surface area contributed by atoms with E-state index in [4.69, 9.17) is 9.84 Å². The molecule has 180 valence electrons. The second-order valence-corrected chi connectivity index (χ2v) is 8.49. The Morgan fingerprint density at radius 1 is 0.882 bits per heavy atom. The van der Waals surface area contributed by atoms with Crippen molar-refractivity contribution in [2.45, 2.75) is 44.8 Å². The minimum absolute atomic E-state index is 0.147. The van der Waals surface area contributed by atoms with E-state index in [9.17, 15) is 23.8 Å². The van der Waals surface area contributed by atoms with Gasteiger partial charge in [0.1, 0.15) is 24.0 Å². The summed E-state index contributed by atoms with van der Waals surface area (Å²) in [6.45, 7) is 3.64. The number of rotatable bonds is 10. The fourth-order valence-electron chi connectivity index (χ4n) is 4.11. The molecule has 3 aromatic carbocycles. The smallest absolute Gasteiger partial charge is 0.305 e. The summed E-state index contributed by atoms with van der Waals surface area (Å²) in [5.41, 5.74) is 4.09. The lowest BCUT2D eigenvalue weighted by Gasteiger charge is -2.25. The summed E-state index contributed by atoms with van der Waals surface area (Å²) in [7, 11) is 0. The van der Waals surface area contributed by atoms with Crippen LogP contribution in [0.15, 0.2) is 60.7 Å². The number of benzene rings is 3. The fourth-order valence-corrected chi connectivity index (χ4v) is 4.11. The van der Waals surface area contributed by atoms with Crippen molar-refractivity contribution in [3.05, 3.63) is 100 Å². The number of aryl methyl sites for hydroxylation is 2. The zero-order valence-electron chi connectivity index (χ0n) is 19.0. The largest absolute Gasteiger partial charge is 0.490 e. The summed E-state index contributed by atoms with van der Waals surface area (Å²) >= 11 is 0. The number of ether oxygens (including phenoxy) is 1. The number of carbonyl (C=O) groups is 1. The Balaban J connectivity index is 1.98. The second-order valence-electron chi connectivity index (χ2n) is 8.49. The van der Waals surface area contributed by atoms with Gasteiger partial charge in [-0.25, -0.2) is 8.78 Å². The number of hydrogen-bond donors (Lipinski definition) is 3. The van der Waals surface area contributed by atoms with Crippen LogP contribution >= 0.6 is 0 Å². The van der Waals surface area contributed by atoms with Gasteiger partial charge in [-0.2, -0.15) is 0 Å². The Kier molecular flexibility index (Phi) is 8.36. The van der Waals surface area contributed by atoms with Crippen LogP contribution in [-0.2, 0) is 4.79 Å². The van der Waals surface area contributed by atoms with E-state index in [1.54, 1.807) is 24.3 Å². The number of hydrogen-bond acceptors (Lipinski definition) is 4. The predicted molar refractivity (Wildman–Crippen MR) is 124 cm³/mol. The highest BCUT2D eigenvalue weighted by Crippen LogP contribution is 2.40. The third-order valence-electron chi connectivity index (χ3n) is 5.54. The van der Waals surface area contributed by atoms with E-state index in [0.29, 0.717) is 5.75 Å². The van der Waals surface area contributed by atoms with Gasteiger partial charge < -0.3 is 20.1 Å². The molecule has 0 amide bonds. The van der Waals surface area contributed by atoms with Gasteiger partial charge in [0.25, 0.3) is 0 Å². The van der Waals surface area contributed by atoms with Crippen molar-refractivity contribution in [1.82, 2.24) is 0 Å². The Bertz CT molecular complexity index is 1070. The first-order chi connectivity index (χ1) is 16.1. The van der Waals surface area contributed by atoms with Crippen molar-refractivity contribution >= 4 is 5.97 Å². The molecule has 34 heavy (non-hydrogen) atoms. The maximum absolute atomic E-state index is 13.6. The summed E-state index contributed by atoms with van der Waals surface area (Å²) in [6.07, 6.45) is -2.89. The molecule has 0 fully saturated rings. The number of aliphatic hydroxyl groups is 2. The van der Waals surface area contributed by atoms with E-state index < -0.39 is 30.5 Å². The molecule has 0 radical (unpaired) electrons. The molecule has 0 aliphatic carbocycles. The van der Waals surface area contributed by atoms with Crippen molar-refractivity contribution in [3.63, 3.8) is 0 Å². The topological polar surface area (TPSA) is 87.0 Å². The van der Waals surface area contributed by atoms with Crippen LogP contribution in [0.4, 0.5) is 8.78 Å². The molecule has 7 heteroatoms. The van der Waals surface area contributed by atoms with Crippen LogP contribution in [0.3, 0.4) is 0 Å². The van der Waals surface area contributed by atoms with E-state index in [1.807, 2.05) is 26.0 Å². The third-order valence-corrected chi connectivity index (χ3v) is 5.54. The SMILES string of the molecule is Cc1cc(C)c(OC[C@@H](O)C[C@@H](O)CC(=O)O)c(C(c2ccc(F)cc2)c2ccc(F)cc2)c1. The van der Waals surface area contributed by atoms with Crippen LogP contribution in [0.2, 0.25) is 0 Å². The molecule has 5 nitrogen and oxygen atoms in total. The lowest BCUT2D eigenvalue weighted by atomic mass is 9.83. The minimum atomic E-state index is -1.19. The summed E-state index contributed by atoms with van der Waals surface area (Å²) in [5, 5.41) is 28.9. The summed E-state index contributed by atoms with van der Waals surface area (Å²) in [5.74, 6) is -1.79. The fraction of sp³-hybridized carbons (Fsp3) is 0.296. The van der Waals surface area contributed by atoms with Crippen LogP contribution in [0.5, 0.6) is 5.75 Å². The van der Waals surface area contributed by atoms with Gasteiger partial charge in [-0.05, 0) is 54.8 Å². The monoisotopic (exact) mass is 470 g/mol. The molecule has 0 heterocycles. The third kappa shape index (κ3) is 6.62. The van der Waals surface area contributed by atoms with Crippen LogP contribution in [0.1, 0.15) is 46.6 Å². The van der Waals surface area contributed by atoms with Gasteiger partial charge in [0, 0.05) is 17.9 Å². The van der Waals surface area contributed by atoms with E-state index in [2.05, 4.69) is 0 Å². The average Bonchev–Trinajstić information content (AvgIpc) is 2.75. The highest BCUT2D eigenvalue weighted by atomic mass is 19.1. The van der Waals surface area contributed by atoms with Crippen LogP contribution in [0.25, 0.3) is 0 Å². The lowest BCUT2D eigenvalue weighted by Crippen LogP contribution is -2.26. The average molecular weight is 471 g/mol. The summed E-state index contributed by atoms with van der Waals surface area (Å²) in [6, 6.07) is 16.0. The minimum Gasteiger partial charge on any atom is -0.490 e. The molecule has 0 saturated carbocycles. The highest BCUT2D eigenvalue weighted by Gasteiger charge is 2.24. The zero-order valence-corrected chi connectivity index (χ0v) is 19.0. The zero-order chi connectivity index (χ0) is 24.8. The first-order valence-electron chi connectivity index (χ1n) is 11.0. The molecular weight excluding hydrogens is 442 g/mol. The lowest BCUT2D eigenvalue weighted by molar-refractivity contribution is -0.139. The Labute approximate surface area is 197 Å². The van der Waals surface area contributed by atoms with Gasteiger partial charge in [-0.15, -0.1) is 0 Å². The molecule has 2 atom stereocenters. The van der Waals surface area contributed by atoms with Gasteiger partial charge in [0.15, 0.2) is 0 Å². The number of aliphatic carboxylic acids is 1. The van der Waals surface area contributed by atoms with Crippen molar-refractivity contribution in [1.29, 1.82) is 0 Å². The van der Waals surface area contributed by atoms with E-state index >= 15 is 0 Å².